The number of thiazole rings is 1. The van der Waals surface area contributed by atoms with Crippen molar-refractivity contribution in [2.45, 2.75) is 32.4 Å². The fraction of sp³-hybridized carbons (Fsp3) is 0.292. The number of rotatable bonds is 6. The maximum absolute atomic E-state index is 4.86. The van der Waals surface area contributed by atoms with Crippen molar-refractivity contribution in [1.82, 2.24) is 24.6 Å². The van der Waals surface area contributed by atoms with Crippen LogP contribution in [0.5, 0.6) is 0 Å². The van der Waals surface area contributed by atoms with Crippen molar-refractivity contribution in [3.8, 4) is 11.3 Å². The molecule has 4 aromatic rings. The van der Waals surface area contributed by atoms with E-state index in [9.17, 15) is 0 Å². The molecule has 0 amide bonds. The Morgan fingerprint density at radius 3 is 2.47 bits per heavy atom. The first-order valence-corrected chi connectivity index (χ1v) is 11.4. The minimum atomic E-state index is 0.898. The molecule has 1 aliphatic heterocycles. The molecule has 3 heterocycles. The van der Waals surface area contributed by atoms with E-state index in [2.05, 4.69) is 79.6 Å². The summed E-state index contributed by atoms with van der Waals surface area (Å²) in [5.74, 6) is 2.22. The van der Waals surface area contributed by atoms with E-state index < -0.39 is 0 Å². The van der Waals surface area contributed by atoms with Crippen molar-refractivity contribution < 1.29 is 0 Å². The van der Waals surface area contributed by atoms with Crippen LogP contribution in [0.25, 0.3) is 11.3 Å². The van der Waals surface area contributed by atoms with Crippen molar-refractivity contribution in [3.05, 3.63) is 88.3 Å². The highest BCUT2D eigenvalue weighted by Crippen LogP contribution is 2.23. The van der Waals surface area contributed by atoms with Gasteiger partial charge in [0.2, 0.25) is 0 Å². The molecule has 1 aliphatic rings. The Kier molecular flexibility index (Phi) is 5.68. The number of aryl methyl sites for hydroxylation is 2. The summed E-state index contributed by atoms with van der Waals surface area (Å²) in [5.41, 5.74) is 3.61. The fourth-order valence-electron chi connectivity index (χ4n) is 3.99. The number of aromatic nitrogens is 4. The predicted molar refractivity (Wildman–Crippen MR) is 120 cm³/mol. The highest BCUT2D eigenvalue weighted by atomic mass is 32.1. The van der Waals surface area contributed by atoms with Gasteiger partial charge in [0.15, 0.2) is 0 Å². The van der Waals surface area contributed by atoms with Gasteiger partial charge in [-0.3, -0.25) is 4.90 Å². The molecule has 0 N–H and O–H groups in total. The van der Waals surface area contributed by atoms with Gasteiger partial charge in [-0.1, -0.05) is 60.7 Å². The van der Waals surface area contributed by atoms with Crippen LogP contribution in [-0.4, -0.2) is 37.7 Å². The fourth-order valence-corrected chi connectivity index (χ4v) is 4.83. The summed E-state index contributed by atoms with van der Waals surface area (Å²) in [6.45, 7) is 3.85. The lowest BCUT2D eigenvalue weighted by atomic mass is 10.1. The Labute approximate surface area is 181 Å². The molecule has 0 saturated heterocycles. The zero-order valence-electron chi connectivity index (χ0n) is 16.9. The molecule has 0 radical (unpaired) electrons. The number of hydrogen-bond acceptors (Lipinski definition) is 5. The molecule has 2 aromatic carbocycles. The first-order chi connectivity index (χ1) is 14.8. The maximum Gasteiger partial charge on any atom is 0.134 e. The maximum atomic E-state index is 4.86. The monoisotopic (exact) mass is 415 g/mol. The first kappa shape index (κ1) is 19.2. The summed E-state index contributed by atoms with van der Waals surface area (Å²) >= 11 is 1.75. The molecule has 0 saturated carbocycles. The van der Waals surface area contributed by atoms with Gasteiger partial charge in [-0.2, -0.15) is 0 Å². The first-order valence-electron chi connectivity index (χ1n) is 10.5. The Hall–Kier alpha value is -2.83. The smallest absolute Gasteiger partial charge is 0.134 e. The van der Waals surface area contributed by atoms with E-state index in [1.807, 2.05) is 6.07 Å². The van der Waals surface area contributed by atoms with Crippen LogP contribution in [0.3, 0.4) is 0 Å². The van der Waals surface area contributed by atoms with Crippen LogP contribution in [0.2, 0.25) is 0 Å². The molecule has 0 unspecified atom stereocenters. The van der Waals surface area contributed by atoms with Gasteiger partial charge in [0.05, 0.1) is 12.2 Å². The summed E-state index contributed by atoms with van der Waals surface area (Å²) < 4.78 is 2.33. The van der Waals surface area contributed by atoms with Crippen molar-refractivity contribution >= 4 is 11.3 Å². The van der Waals surface area contributed by atoms with Crippen LogP contribution in [0.4, 0.5) is 0 Å². The quantitative estimate of drug-likeness (QED) is 0.472. The van der Waals surface area contributed by atoms with Gasteiger partial charge in [-0.15, -0.1) is 21.5 Å². The molecular weight excluding hydrogens is 390 g/mol. The van der Waals surface area contributed by atoms with Crippen molar-refractivity contribution in [1.29, 1.82) is 0 Å². The number of benzene rings is 2. The average Bonchev–Trinajstić information content (AvgIpc) is 3.37. The van der Waals surface area contributed by atoms with Crippen molar-refractivity contribution in [2.75, 3.05) is 13.1 Å². The van der Waals surface area contributed by atoms with Gasteiger partial charge in [0, 0.05) is 43.4 Å². The van der Waals surface area contributed by atoms with E-state index in [1.54, 1.807) is 11.3 Å². The summed E-state index contributed by atoms with van der Waals surface area (Å²) in [5, 5.41) is 12.3. The van der Waals surface area contributed by atoms with Crippen LogP contribution < -0.4 is 0 Å². The molecule has 152 valence electrons. The van der Waals surface area contributed by atoms with Crippen LogP contribution in [0.1, 0.15) is 22.2 Å². The molecule has 5 nitrogen and oxygen atoms in total. The summed E-state index contributed by atoms with van der Waals surface area (Å²) in [6, 6.07) is 21.0. The lowest BCUT2D eigenvalue weighted by Gasteiger charge is -2.18. The third-order valence-corrected chi connectivity index (χ3v) is 6.49. The normalized spacial score (nSPS) is 14.4. The van der Waals surface area contributed by atoms with Gasteiger partial charge in [0.1, 0.15) is 16.7 Å². The van der Waals surface area contributed by atoms with Gasteiger partial charge >= 0.3 is 0 Å². The van der Waals surface area contributed by atoms with E-state index in [0.29, 0.717) is 0 Å². The van der Waals surface area contributed by atoms with Crippen LogP contribution in [0, 0.1) is 0 Å². The molecule has 0 atom stereocenters. The summed E-state index contributed by atoms with van der Waals surface area (Å²) in [6.07, 6.45) is 2.88. The van der Waals surface area contributed by atoms with Crippen LogP contribution in [-0.2, 0) is 32.4 Å². The highest BCUT2D eigenvalue weighted by Gasteiger charge is 2.19. The number of hydrogen-bond donors (Lipinski definition) is 0. The Morgan fingerprint density at radius 2 is 1.63 bits per heavy atom. The molecule has 0 fully saturated rings. The third kappa shape index (κ3) is 4.35. The summed E-state index contributed by atoms with van der Waals surface area (Å²) in [7, 11) is 0. The molecular formula is C24H25N5S. The molecule has 0 aliphatic carbocycles. The van der Waals surface area contributed by atoms with Crippen molar-refractivity contribution in [2.24, 2.45) is 0 Å². The van der Waals surface area contributed by atoms with Crippen LogP contribution >= 0.6 is 11.3 Å². The summed E-state index contributed by atoms with van der Waals surface area (Å²) in [4.78, 5) is 7.35. The second-order valence-corrected chi connectivity index (χ2v) is 8.63. The Bertz CT molecular complexity index is 1090. The number of nitrogens with zero attached hydrogens (tertiary/aromatic N) is 5. The minimum absolute atomic E-state index is 0.898. The van der Waals surface area contributed by atoms with E-state index >= 15 is 0 Å². The topological polar surface area (TPSA) is 46.8 Å². The molecule has 0 spiro atoms. The van der Waals surface area contributed by atoms with E-state index in [0.717, 1.165) is 62.8 Å². The highest BCUT2D eigenvalue weighted by molar-refractivity contribution is 7.09. The van der Waals surface area contributed by atoms with Gasteiger partial charge in [-0.05, 0) is 12.0 Å². The Balaban J connectivity index is 1.21. The average molecular weight is 416 g/mol. The SMILES string of the molecule is c1ccc(CCc2nnc3n2CCN(Cc2nc(-c4ccccc4)cs2)CC3)cc1. The second kappa shape index (κ2) is 8.90. The van der Waals surface area contributed by atoms with E-state index in [4.69, 9.17) is 4.98 Å². The molecule has 5 rings (SSSR count). The van der Waals surface area contributed by atoms with Gasteiger partial charge < -0.3 is 4.57 Å². The van der Waals surface area contributed by atoms with Crippen molar-refractivity contribution in [3.63, 3.8) is 0 Å². The zero-order valence-corrected chi connectivity index (χ0v) is 17.8. The molecule has 6 heteroatoms. The standard InChI is InChI=1S/C24H25N5S/c1-3-7-19(8-4-1)11-12-22-26-27-23-13-14-28(15-16-29(22)23)17-24-25-21(18-30-24)20-9-5-2-6-10-20/h1-10,18H,11-17H2. The largest absolute Gasteiger partial charge is 0.314 e. The Morgan fingerprint density at radius 1 is 0.833 bits per heavy atom. The molecule has 2 aromatic heterocycles. The molecule has 30 heavy (non-hydrogen) atoms. The predicted octanol–water partition coefficient (Wildman–Crippen LogP) is 4.25. The van der Waals surface area contributed by atoms with E-state index in [-0.39, 0.29) is 0 Å². The minimum Gasteiger partial charge on any atom is -0.314 e. The second-order valence-electron chi connectivity index (χ2n) is 7.69. The van der Waals surface area contributed by atoms with Gasteiger partial charge in [-0.25, -0.2) is 4.98 Å². The van der Waals surface area contributed by atoms with Gasteiger partial charge in [0.25, 0.3) is 0 Å². The zero-order chi connectivity index (χ0) is 20.2. The number of fused-ring (bicyclic) bond motifs is 1. The third-order valence-electron chi connectivity index (χ3n) is 5.66. The lowest BCUT2D eigenvalue weighted by molar-refractivity contribution is 0.270. The van der Waals surface area contributed by atoms with Crippen LogP contribution in [0.15, 0.2) is 66.0 Å². The van der Waals surface area contributed by atoms with E-state index in [1.165, 1.54) is 16.1 Å². The molecule has 0 bridgehead atoms. The lowest BCUT2D eigenvalue weighted by Crippen LogP contribution is -2.26.